The van der Waals surface area contributed by atoms with Crippen molar-refractivity contribution in [1.29, 1.82) is 0 Å². The normalized spacial score (nSPS) is 9.88. The number of rotatable bonds is 6. The van der Waals surface area contributed by atoms with Crippen molar-refractivity contribution in [1.82, 2.24) is 5.32 Å². The zero-order valence-corrected chi connectivity index (χ0v) is 10.0. The predicted molar refractivity (Wildman–Crippen MR) is 67.8 cm³/mol. The van der Waals surface area contributed by atoms with Crippen LogP contribution in [0.15, 0.2) is 24.3 Å². The van der Waals surface area contributed by atoms with Gasteiger partial charge in [0.1, 0.15) is 0 Å². The number of hydrogen-bond donors (Lipinski definition) is 2. The van der Waals surface area contributed by atoms with Gasteiger partial charge in [0.25, 0.3) is 5.91 Å². The summed E-state index contributed by atoms with van der Waals surface area (Å²) >= 11 is 0. The van der Waals surface area contributed by atoms with E-state index in [0.717, 1.165) is 25.1 Å². The van der Waals surface area contributed by atoms with Crippen LogP contribution in [0.25, 0.3) is 0 Å². The monoisotopic (exact) mass is 220 g/mol. The van der Waals surface area contributed by atoms with E-state index in [-0.39, 0.29) is 5.91 Å². The van der Waals surface area contributed by atoms with Crippen LogP contribution in [0.4, 0.5) is 5.69 Å². The van der Waals surface area contributed by atoms with Gasteiger partial charge in [-0.25, -0.2) is 0 Å². The maximum Gasteiger partial charge on any atom is 0.253 e. The quantitative estimate of drug-likeness (QED) is 0.724. The summed E-state index contributed by atoms with van der Waals surface area (Å²) in [5.41, 5.74) is 1.58. The fraction of sp³-hybridized carbons (Fsp3) is 0.462. The number of nitrogens with one attached hydrogen (secondary N) is 2. The zero-order chi connectivity index (χ0) is 11.8. The number of para-hydroxylation sites is 1. The molecule has 0 aliphatic heterocycles. The maximum atomic E-state index is 11.8. The number of benzene rings is 1. The van der Waals surface area contributed by atoms with Crippen LogP contribution in [0.3, 0.4) is 0 Å². The zero-order valence-electron chi connectivity index (χ0n) is 10.0. The lowest BCUT2D eigenvalue weighted by atomic mass is 10.1. The predicted octanol–water partition coefficient (Wildman–Crippen LogP) is 2.65. The maximum absolute atomic E-state index is 11.8. The molecule has 88 valence electrons. The Labute approximate surface area is 97.2 Å². The standard InChI is InChI=1S/C13H20N2O/c1-3-4-7-10-15-13(16)11-8-5-6-9-12(11)14-2/h5-6,8-9,14H,3-4,7,10H2,1-2H3,(H,15,16). The Bertz CT molecular complexity index is 336. The molecular formula is C13H20N2O. The van der Waals surface area contributed by atoms with Crippen molar-refractivity contribution in [2.75, 3.05) is 18.9 Å². The molecule has 0 atom stereocenters. The molecule has 3 heteroatoms. The minimum Gasteiger partial charge on any atom is -0.387 e. The van der Waals surface area contributed by atoms with Gasteiger partial charge in [-0.3, -0.25) is 4.79 Å². The molecule has 0 spiro atoms. The van der Waals surface area contributed by atoms with Crippen LogP contribution in [-0.2, 0) is 0 Å². The van der Waals surface area contributed by atoms with E-state index in [1.54, 1.807) is 0 Å². The molecule has 0 bridgehead atoms. The SMILES string of the molecule is CCCCCNC(=O)c1ccccc1NC. The van der Waals surface area contributed by atoms with Gasteiger partial charge in [0.05, 0.1) is 5.56 Å². The Balaban J connectivity index is 2.52. The van der Waals surface area contributed by atoms with Crippen LogP contribution < -0.4 is 10.6 Å². The van der Waals surface area contributed by atoms with Crippen LogP contribution in [0, 0.1) is 0 Å². The molecule has 0 fully saturated rings. The topological polar surface area (TPSA) is 41.1 Å². The lowest BCUT2D eigenvalue weighted by Crippen LogP contribution is -2.25. The first-order valence-electron chi connectivity index (χ1n) is 5.84. The molecule has 0 radical (unpaired) electrons. The first-order valence-corrected chi connectivity index (χ1v) is 5.84. The van der Waals surface area contributed by atoms with Crippen molar-refractivity contribution in [3.8, 4) is 0 Å². The first kappa shape index (κ1) is 12.6. The Hall–Kier alpha value is -1.51. The fourth-order valence-electron chi connectivity index (χ4n) is 1.57. The lowest BCUT2D eigenvalue weighted by Gasteiger charge is -2.09. The molecule has 0 saturated heterocycles. The summed E-state index contributed by atoms with van der Waals surface area (Å²) in [5, 5.41) is 5.95. The van der Waals surface area contributed by atoms with Gasteiger partial charge in [-0.15, -0.1) is 0 Å². The van der Waals surface area contributed by atoms with Crippen molar-refractivity contribution in [3.63, 3.8) is 0 Å². The van der Waals surface area contributed by atoms with E-state index < -0.39 is 0 Å². The number of anilines is 1. The summed E-state index contributed by atoms with van der Waals surface area (Å²) in [4.78, 5) is 11.8. The lowest BCUT2D eigenvalue weighted by molar-refractivity contribution is 0.0954. The molecule has 3 nitrogen and oxygen atoms in total. The fourth-order valence-corrected chi connectivity index (χ4v) is 1.57. The third-order valence-electron chi connectivity index (χ3n) is 2.51. The summed E-state index contributed by atoms with van der Waals surface area (Å²) in [6, 6.07) is 7.53. The highest BCUT2D eigenvalue weighted by Gasteiger charge is 2.08. The Morgan fingerprint density at radius 2 is 2.00 bits per heavy atom. The van der Waals surface area contributed by atoms with E-state index in [1.165, 1.54) is 6.42 Å². The first-order chi connectivity index (χ1) is 7.79. The number of unbranched alkanes of at least 4 members (excludes halogenated alkanes) is 2. The highest BCUT2D eigenvalue weighted by molar-refractivity contribution is 5.99. The summed E-state index contributed by atoms with van der Waals surface area (Å²) in [7, 11) is 1.82. The van der Waals surface area contributed by atoms with Crippen molar-refractivity contribution in [2.45, 2.75) is 26.2 Å². The second-order valence-electron chi connectivity index (χ2n) is 3.76. The number of hydrogen-bond acceptors (Lipinski definition) is 2. The van der Waals surface area contributed by atoms with Gasteiger partial charge >= 0.3 is 0 Å². The molecule has 1 amide bonds. The van der Waals surface area contributed by atoms with E-state index in [9.17, 15) is 4.79 Å². The molecule has 0 heterocycles. The summed E-state index contributed by atoms with van der Waals surface area (Å²) < 4.78 is 0. The van der Waals surface area contributed by atoms with Gasteiger partial charge in [0, 0.05) is 19.3 Å². The van der Waals surface area contributed by atoms with Crippen molar-refractivity contribution >= 4 is 11.6 Å². The van der Waals surface area contributed by atoms with Gasteiger partial charge in [0.15, 0.2) is 0 Å². The molecule has 0 saturated carbocycles. The third kappa shape index (κ3) is 3.57. The minimum atomic E-state index is 0.000975. The smallest absolute Gasteiger partial charge is 0.253 e. The average Bonchev–Trinajstić information content (AvgIpc) is 2.34. The van der Waals surface area contributed by atoms with E-state index >= 15 is 0 Å². The van der Waals surface area contributed by atoms with Gasteiger partial charge in [0.2, 0.25) is 0 Å². The third-order valence-corrected chi connectivity index (χ3v) is 2.51. The Morgan fingerprint density at radius 1 is 1.25 bits per heavy atom. The molecule has 1 aromatic carbocycles. The number of carbonyl (C=O) groups excluding carboxylic acids is 1. The van der Waals surface area contributed by atoms with Gasteiger partial charge in [-0.1, -0.05) is 31.9 Å². The molecule has 1 aromatic rings. The Morgan fingerprint density at radius 3 is 2.69 bits per heavy atom. The van der Waals surface area contributed by atoms with Crippen LogP contribution in [0.1, 0.15) is 36.5 Å². The van der Waals surface area contributed by atoms with Crippen LogP contribution in [0.2, 0.25) is 0 Å². The van der Waals surface area contributed by atoms with Crippen molar-refractivity contribution in [2.24, 2.45) is 0 Å². The van der Waals surface area contributed by atoms with E-state index in [2.05, 4.69) is 17.6 Å². The number of amides is 1. The molecule has 2 N–H and O–H groups in total. The van der Waals surface area contributed by atoms with Crippen molar-refractivity contribution < 1.29 is 4.79 Å². The summed E-state index contributed by atoms with van der Waals surface area (Å²) in [6.07, 6.45) is 3.38. The molecule has 1 rings (SSSR count). The molecule has 0 aliphatic carbocycles. The van der Waals surface area contributed by atoms with E-state index in [1.807, 2.05) is 31.3 Å². The van der Waals surface area contributed by atoms with E-state index in [0.29, 0.717) is 5.56 Å². The highest BCUT2D eigenvalue weighted by Crippen LogP contribution is 2.13. The molecule has 16 heavy (non-hydrogen) atoms. The van der Waals surface area contributed by atoms with Crippen LogP contribution in [-0.4, -0.2) is 19.5 Å². The van der Waals surface area contributed by atoms with Gasteiger partial charge < -0.3 is 10.6 Å². The average molecular weight is 220 g/mol. The summed E-state index contributed by atoms with van der Waals surface area (Å²) in [6.45, 7) is 2.91. The Kier molecular flexibility index (Phi) is 5.40. The second kappa shape index (κ2) is 6.88. The van der Waals surface area contributed by atoms with Gasteiger partial charge in [-0.05, 0) is 18.6 Å². The number of carbonyl (C=O) groups is 1. The summed E-state index contributed by atoms with van der Waals surface area (Å²) in [5.74, 6) is 0.000975. The second-order valence-corrected chi connectivity index (χ2v) is 3.76. The van der Waals surface area contributed by atoms with Crippen LogP contribution >= 0.6 is 0 Å². The molecule has 0 unspecified atom stereocenters. The molecular weight excluding hydrogens is 200 g/mol. The van der Waals surface area contributed by atoms with Crippen molar-refractivity contribution in [3.05, 3.63) is 29.8 Å². The van der Waals surface area contributed by atoms with Crippen LogP contribution in [0.5, 0.6) is 0 Å². The van der Waals surface area contributed by atoms with E-state index in [4.69, 9.17) is 0 Å². The largest absolute Gasteiger partial charge is 0.387 e. The molecule has 0 aromatic heterocycles. The minimum absolute atomic E-state index is 0.000975. The molecule has 0 aliphatic rings. The van der Waals surface area contributed by atoms with Gasteiger partial charge in [-0.2, -0.15) is 0 Å². The highest BCUT2D eigenvalue weighted by atomic mass is 16.1.